The van der Waals surface area contributed by atoms with Crippen molar-refractivity contribution in [3.63, 3.8) is 0 Å². The van der Waals surface area contributed by atoms with Crippen molar-refractivity contribution in [3.8, 4) is 0 Å². The van der Waals surface area contributed by atoms with Gasteiger partial charge in [0.1, 0.15) is 5.69 Å². The maximum atomic E-state index is 10.6. The van der Waals surface area contributed by atoms with Crippen LogP contribution in [0.3, 0.4) is 0 Å². The fourth-order valence-corrected chi connectivity index (χ4v) is 1.19. The largest absolute Gasteiger partial charge is 1.00 e. The Kier molecular flexibility index (Phi) is 4.22. The molecular formula is C10H8KNO2. The number of fused-ring (bicyclic) bond motifs is 1. The van der Waals surface area contributed by atoms with Crippen LogP contribution in [0, 0.1) is 0 Å². The molecule has 3 nitrogen and oxygen atoms in total. The summed E-state index contributed by atoms with van der Waals surface area (Å²) in [6, 6.07) is 10.7. The molecule has 0 aliphatic heterocycles. The van der Waals surface area contributed by atoms with E-state index in [1.807, 2.05) is 18.2 Å². The third kappa shape index (κ3) is 2.40. The van der Waals surface area contributed by atoms with Crippen LogP contribution in [-0.2, 0) is 0 Å². The molecule has 0 atom stereocenters. The van der Waals surface area contributed by atoms with Crippen LogP contribution in [0.15, 0.2) is 36.4 Å². The molecule has 0 bridgehead atoms. The minimum atomic E-state index is -0.995. The Bertz CT molecular complexity index is 476. The summed E-state index contributed by atoms with van der Waals surface area (Å²) in [7, 11) is 0. The predicted molar refractivity (Wildman–Crippen MR) is 49.8 cm³/mol. The first-order valence-corrected chi connectivity index (χ1v) is 3.86. The zero-order chi connectivity index (χ0) is 9.26. The number of aromatic nitrogens is 1. The summed E-state index contributed by atoms with van der Waals surface area (Å²) in [5.74, 6) is -0.995. The second-order valence-corrected chi connectivity index (χ2v) is 2.69. The van der Waals surface area contributed by atoms with Crippen molar-refractivity contribution in [3.05, 3.63) is 42.1 Å². The van der Waals surface area contributed by atoms with E-state index in [0.29, 0.717) is 5.52 Å². The molecule has 2 rings (SSSR count). The van der Waals surface area contributed by atoms with E-state index in [9.17, 15) is 4.79 Å². The van der Waals surface area contributed by atoms with Gasteiger partial charge in [0.05, 0.1) is 5.52 Å². The molecule has 0 aliphatic carbocycles. The molecule has 0 spiro atoms. The molecule has 1 N–H and O–H groups in total. The summed E-state index contributed by atoms with van der Waals surface area (Å²) < 4.78 is 0. The molecule has 14 heavy (non-hydrogen) atoms. The Hall–Kier alpha value is -0.264. The van der Waals surface area contributed by atoms with Crippen molar-refractivity contribution in [1.29, 1.82) is 0 Å². The van der Waals surface area contributed by atoms with E-state index in [0.717, 1.165) is 5.39 Å². The van der Waals surface area contributed by atoms with E-state index in [-0.39, 0.29) is 58.5 Å². The Morgan fingerprint density at radius 1 is 1.21 bits per heavy atom. The van der Waals surface area contributed by atoms with Gasteiger partial charge in [-0.05, 0) is 12.1 Å². The molecule has 66 valence electrons. The van der Waals surface area contributed by atoms with E-state index in [2.05, 4.69) is 4.98 Å². The maximum Gasteiger partial charge on any atom is 1.00 e. The Labute approximate surface area is 125 Å². The summed E-state index contributed by atoms with van der Waals surface area (Å²) in [6.07, 6.45) is 0. The van der Waals surface area contributed by atoms with Crippen LogP contribution in [0.1, 0.15) is 11.9 Å². The normalized spacial score (nSPS) is 9.43. The maximum absolute atomic E-state index is 10.6. The predicted octanol–water partition coefficient (Wildman–Crippen LogP) is -0.951. The minimum Gasteiger partial charge on any atom is -1.00 e. The third-order valence-electron chi connectivity index (χ3n) is 1.82. The summed E-state index contributed by atoms with van der Waals surface area (Å²) in [4.78, 5) is 14.6. The first kappa shape index (κ1) is 11.8. The molecule has 0 radical (unpaired) electrons. The quantitative estimate of drug-likeness (QED) is 0.621. The van der Waals surface area contributed by atoms with Crippen molar-refractivity contribution >= 4 is 16.9 Å². The minimum absolute atomic E-state index is 0. The monoisotopic (exact) mass is 213 g/mol. The number of benzene rings is 1. The molecule has 4 heteroatoms. The van der Waals surface area contributed by atoms with Gasteiger partial charge in [-0.3, -0.25) is 0 Å². The van der Waals surface area contributed by atoms with Crippen molar-refractivity contribution < 1.29 is 62.7 Å². The Balaban J connectivity index is 0.000000980. The van der Waals surface area contributed by atoms with Gasteiger partial charge in [0.2, 0.25) is 0 Å². The second kappa shape index (κ2) is 5.00. The number of carboxylic acid groups (broad SMARTS) is 1. The van der Waals surface area contributed by atoms with Crippen LogP contribution in [-0.4, -0.2) is 16.1 Å². The standard InChI is InChI=1S/C10H7NO2.K.H/c12-10(13)9-6-5-7-3-1-2-4-8(7)11-9;;/h1-6H,(H,12,13);;/q;+1;-1. The number of carboxylic acids is 1. The van der Waals surface area contributed by atoms with E-state index in [4.69, 9.17) is 5.11 Å². The van der Waals surface area contributed by atoms with E-state index < -0.39 is 5.97 Å². The van der Waals surface area contributed by atoms with Gasteiger partial charge < -0.3 is 6.53 Å². The second-order valence-electron chi connectivity index (χ2n) is 2.69. The smallest absolute Gasteiger partial charge is 1.00 e. The number of pyridine rings is 1. The average molecular weight is 213 g/mol. The Morgan fingerprint density at radius 2 is 1.93 bits per heavy atom. The molecular weight excluding hydrogens is 205 g/mol. The van der Waals surface area contributed by atoms with Gasteiger partial charge >= 0.3 is 57.4 Å². The number of hydrogen-bond donors (Lipinski definition) is 1. The first-order chi connectivity index (χ1) is 6.27. The SMILES string of the molecule is O=C(O)c1ccc2ccccc2n1.[H-].[K+]. The van der Waals surface area contributed by atoms with Crippen molar-refractivity contribution in [2.75, 3.05) is 0 Å². The third-order valence-corrected chi connectivity index (χ3v) is 1.82. The van der Waals surface area contributed by atoms with Gasteiger partial charge in [-0.25, -0.2) is 9.78 Å². The van der Waals surface area contributed by atoms with Gasteiger partial charge in [0.25, 0.3) is 0 Å². The van der Waals surface area contributed by atoms with Gasteiger partial charge in [0, 0.05) is 5.39 Å². The van der Waals surface area contributed by atoms with Crippen LogP contribution in [0.5, 0.6) is 0 Å². The van der Waals surface area contributed by atoms with E-state index in [1.165, 1.54) is 6.07 Å². The summed E-state index contributed by atoms with van der Waals surface area (Å²) in [6.45, 7) is 0. The topological polar surface area (TPSA) is 50.2 Å². The molecule has 1 aromatic heterocycles. The van der Waals surface area contributed by atoms with Crippen LogP contribution < -0.4 is 51.4 Å². The summed E-state index contributed by atoms with van der Waals surface area (Å²) in [5.41, 5.74) is 0.793. The van der Waals surface area contributed by atoms with Gasteiger partial charge in [0.15, 0.2) is 0 Å². The number of nitrogens with zero attached hydrogens (tertiary/aromatic N) is 1. The molecule has 0 saturated heterocycles. The average Bonchev–Trinajstić information content (AvgIpc) is 2.17. The van der Waals surface area contributed by atoms with Crippen LogP contribution >= 0.6 is 0 Å². The van der Waals surface area contributed by atoms with Gasteiger partial charge in [-0.15, -0.1) is 0 Å². The number of para-hydroxylation sites is 1. The zero-order valence-electron chi connectivity index (χ0n) is 8.77. The number of aromatic carboxylic acids is 1. The zero-order valence-corrected chi connectivity index (χ0v) is 10.9. The molecule has 0 fully saturated rings. The Morgan fingerprint density at radius 3 is 2.64 bits per heavy atom. The van der Waals surface area contributed by atoms with Gasteiger partial charge in [-0.2, -0.15) is 0 Å². The number of rotatable bonds is 1. The molecule has 1 heterocycles. The van der Waals surface area contributed by atoms with Crippen LogP contribution in [0.2, 0.25) is 0 Å². The first-order valence-electron chi connectivity index (χ1n) is 3.86. The van der Waals surface area contributed by atoms with Crippen molar-refractivity contribution in [2.45, 2.75) is 0 Å². The molecule has 0 saturated carbocycles. The molecule has 0 aliphatic rings. The number of hydrogen-bond acceptors (Lipinski definition) is 2. The summed E-state index contributed by atoms with van der Waals surface area (Å²) >= 11 is 0. The van der Waals surface area contributed by atoms with Crippen LogP contribution in [0.25, 0.3) is 10.9 Å². The molecule has 1 aromatic carbocycles. The van der Waals surface area contributed by atoms with Gasteiger partial charge in [-0.1, -0.05) is 24.3 Å². The fraction of sp³-hybridized carbons (Fsp3) is 0. The van der Waals surface area contributed by atoms with E-state index >= 15 is 0 Å². The molecule has 0 unspecified atom stereocenters. The van der Waals surface area contributed by atoms with Crippen molar-refractivity contribution in [2.24, 2.45) is 0 Å². The van der Waals surface area contributed by atoms with Crippen LogP contribution in [0.4, 0.5) is 0 Å². The number of carbonyl (C=O) groups is 1. The summed E-state index contributed by atoms with van der Waals surface area (Å²) in [5, 5.41) is 9.63. The molecule has 2 aromatic rings. The molecule has 0 amide bonds. The van der Waals surface area contributed by atoms with Crippen molar-refractivity contribution in [1.82, 2.24) is 4.98 Å². The van der Waals surface area contributed by atoms with E-state index in [1.54, 1.807) is 12.1 Å². The fourth-order valence-electron chi connectivity index (χ4n) is 1.19.